The summed E-state index contributed by atoms with van der Waals surface area (Å²) < 4.78 is 27.2. The van der Waals surface area contributed by atoms with Crippen LogP contribution >= 0.6 is 0 Å². The second-order valence-electron chi connectivity index (χ2n) is 5.23. The molecule has 1 aliphatic carbocycles. The number of halogens is 2. The molecule has 1 aromatic rings. The number of hydrogen-bond donors (Lipinski definition) is 3. The zero-order valence-corrected chi connectivity index (χ0v) is 10.8. The Kier molecular flexibility index (Phi) is 4.58. The highest BCUT2D eigenvalue weighted by Crippen LogP contribution is 2.30. The van der Waals surface area contributed by atoms with Crippen molar-refractivity contribution in [2.24, 2.45) is 11.8 Å². The lowest BCUT2D eigenvalue weighted by Gasteiger charge is -2.30. The smallest absolute Gasteiger partial charge is 0.151 e. The number of hydrogen-bond acceptors (Lipinski definition) is 3. The van der Waals surface area contributed by atoms with Gasteiger partial charge >= 0.3 is 0 Å². The van der Waals surface area contributed by atoms with Crippen LogP contribution in [-0.4, -0.2) is 18.3 Å². The van der Waals surface area contributed by atoms with Crippen molar-refractivity contribution >= 4 is 11.4 Å². The van der Waals surface area contributed by atoms with E-state index in [1.807, 2.05) is 0 Å². The van der Waals surface area contributed by atoms with Gasteiger partial charge in [-0.25, -0.2) is 8.78 Å². The normalized spacial score (nSPS) is 23.3. The minimum Gasteiger partial charge on any atom is -0.399 e. The highest BCUT2D eigenvalue weighted by Gasteiger charge is 2.24. The van der Waals surface area contributed by atoms with Gasteiger partial charge in [-0.05, 0) is 36.8 Å². The van der Waals surface area contributed by atoms with Gasteiger partial charge in [0.1, 0.15) is 5.69 Å². The molecule has 0 bridgehead atoms. The Bertz CT molecular complexity index is 416. The molecule has 1 saturated carbocycles. The molecule has 1 aliphatic rings. The Hall–Kier alpha value is -1.36. The Morgan fingerprint density at radius 3 is 2.32 bits per heavy atom. The Balaban J connectivity index is 2.02. The number of nitrogens with two attached hydrogens (primary N) is 1. The van der Waals surface area contributed by atoms with Gasteiger partial charge in [-0.1, -0.05) is 12.8 Å². The minimum absolute atomic E-state index is 0.0754. The van der Waals surface area contributed by atoms with Crippen molar-refractivity contribution < 1.29 is 13.9 Å². The minimum atomic E-state index is -0.672. The van der Waals surface area contributed by atoms with Crippen molar-refractivity contribution in [3.63, 3.8) is 0 Å². The van der Waals surface area contributed by atoms with Crippen molar-refractivity contribution in [3.05, 3.63) is 23.8 Å². The van der Waals surface area contributed by atoms with Crippen molar-refractivity contribution in [2.75, 3.05) is 24.2 Å². The molecular weight excluding hydrogens is 250 g/mol. The summed E-state index contributed by atoms with van der Waals surface area (Å²) in [4.78, 5) is 0. The largest absolute Gasteiger partial charge is 0.399 e. The van der Waals surface area contributed by atoms with E-state index in [2.05, 4.69) is 5.32 Å². The Morgan fingerprint density at radius 1 is 1.16 bits per heavy atom. The molecule has 2 unspecified atom stereocenters. The summed E-state index contributed by atoms with van der Waals surface area (Å²) in [6.07, 6.45) is 4.19. The molecule has 0 aliphatic heterocycles. The average Bonchev–Trinajstić information content (AvgIpc) is 2.38. The molecule has 2 atom stereocenters. The Morgan fingerprint density at radius 2 is 1.74 bits per heavy atom. The number of anilines is 2. The lowest BCUT2D eigenvalue weighted by Crippen LogP contribution is -2.29. The standard InChI is InChI=1S/C14H20F2N2O/c15-12-5-11(17)6-13(16)14(12)18-7-9-3-1-2-4-10(9)8-19/h5-6,9-10,18-19H,1-4,7-8,17H2. The summed E-state index contributed by atoms with van der Waals surface area (Å²) in [5.41, 5.74) is 5.32. The summed E-state index contributed by atoms with van der Waals surface area (Å²) in [6.45, 7) is 0.613. The van der Waals surface area contributed by atoms with Crippen LogP contribution in [0.15, 0.2) is 12.1 Å². The fourth-order valence-electron chi connectivity index (χ4n) is 2.79. The molecule has 0 saturated heterocycles. The molecule has 2 rings (SSSR count). The fraction of sp³-hybridized carbons (Fsp3) is 0.571. The van der Waals surface area contributed by atoms with Gasteiger partial charge in [0, 0.05) is 18.8 Å². The van der Waals surface area contributed by atoms with Crippen molar-refractivity contribution in [2.45, 2.75) is 25.7 Å². The van der Waals surface area contributed by atoms with Gasteiger partial charge in [0.15, 0.2) is 11.6 Å². The van der Waals surface area contributed by atoms with E-state index in [4.69, 9.17) is 5.73 Å². The first-order chi connectivity index (χ1) is 9.11. The van der Waals surface area contributed by atoms with Crippen LogP contribution in [0.2, 0.25) is 0 Å². The molecule has 0 amide bonds. The zero-order valence-electron chi connectivity index (χ0n) is 10.8. The van der Waals surface area contributed by atoms with E-state index >= 15 is 0 Å². The summed E-state index contributed by atoms with van der Waals surface area (Å²) in [6, 6.07) is 2.21. The molecular formula is C14H20F2N2O. The predicted octanol–water partition coefficient (Wildman–Crippen LogP) is 2.76. The van der Waals surface area contributed by atoms with Crippen LogP contribution in [0.5, 0.6) is 0 Å². The molecule has 19 heavy (non-hydrogen) atoms. The van der Waals surface area contributed by atoms with E-state index in [0.29, 0.717) is 6.54 Å². The van der Waals surface area contributed by atoms with Gasteiger partial charge in [-0.2, -0.15) is 0 Å². The molecule has 0 spiro atoms. The van der Waals surface area contributed by atoms with Crippen molar-refractivity contribution in [1.82, 2.24) is 0 Å². The van der Waals surface area contributed by atoms with Gasteiger partial charge in [-0.3, -0.25) is 0 Å². The number of rotatable bonds is 4. The number of benzene rings is 1. The first-order valence-corrected chi connectivity index (χ1v) is 6.71. The summed E-state index contributed by atoms with van der Waals surface area (Å²) in [7, 11) is 0. The molecule has 3 nitrogen and oxygen atoms in total. The van der Waals surface area contributed by atoms with E-state index < -0.39 is 11.6 Å². The molecule has 0 radical (unpaired) electrons. The van der Waals surface area contributed by atoms with Crippen LogP contribution in [-0.2, 0) is 0 Å². The first kappa shape index (κ1) is 14.1. The summed E-state index contributed by atoms with van der Waals surface area (Å²) in [5.74, 6) is -0.862. The lowest BCUT2D eigenvalue weighted by atomic mass is 9.79. The zero-order chi connectivity index (χ0) is 13.8. The van der Waals surface area contributed by atoms with E-state index in [0.717, 1.165) is 37.8 Å². The SMILES string of the molecule is Nc1cc(F)c(NCC2CCCCC2CO)c(F)c1. The van der Waals surface area contributed by atoms with Gasteiger partial charge < -0.3 is 16.2 Å². The second kappa shape index (κ2) is 6.19. The highest BCUT2D eigenvalue weighted by atomic mass is 19.1. The molecule has 106 valence electrons. The van der Waals surface area contributed by atoms with Crippen LogP contribution in [0.4, 0.5) is 20.2 Å². The maximum Gasteiger partial charge on any atom is 0.151 e. The molecule has 4 N–H and O–H groups in total. The monoisotopic (exact) mass is 270 g/mol. The molecule has 1 aromatic carbocycles. The van der Waals surface area contributed by atoms with E-state index in [-0.39, 0.29) is 29.8 Å². The predicted molar refractivity (Wildman–Crippen MR) is 71.8 cm³/mol. The molecule has 0 aromatic heterocycles. The molecule has 1 fully saturated rings. The summed E-state index contributed by atoms with van der Waals surface area (Å²) >= 11 is 0. The number of aliphatic hydroxyl groups is 1. The quantitative estimate of drug-likeness (QED) is 0.737. The van der Waals surface area contributed by atoms with E-state index in [9.17, 15) is 13.9 Å². The van der Waals surface area contributed by atoms with Crippen LogP contribution < -0.4 is 11.1 Å². The Labute approximate surface area is 111 Å². The van der Waals surface area contributed by atoms with Gasteiger partial charge in [-0.15, -0.1) is 0 Å². The van der Waals surface area contributed by atoms with E-state index in [1.54, 1.807) is 0 Å². The third kappa shape index (κ3) is 3.35. The number of aliphatic hydroxyl groups excluding tert-OH is 1. The topological polar surface area (TPSA) is 58.3 Å². The highest BCUT2D eigenvalue weighted by molar-refractivity contribution is 5.54. The van der Waals surface area contributed by atoms with Gasteiger partial charge in [0.05, 0.1) is 0 Å². The van der Waals surface area contributed by atoms with Gasteiger partial charge in [0.2, 0.25) is 0 Å². The van der Waals surface area contributed by atoms with Crippen LogP contribution in [0.25, 0.3) is 0 Å². The lowest BCUT2D eigenvalue weighted by molar-refractivity contribution is 0.141. The fourth-order valence-corrected chi connectivity index (χ4v) is 2.79. The summed E-state index contributed by atoms with van der Waals surface area (Å²) in [5, 5.41) is 12.1. The van der Waals surface area contributed by atoms with Crippen molar-refractivity contribution in [1.29, 1.82) is 0 Å². The maximum absolute atomic E-state index is 13.6. The third-order valence-corrected chi connectivity index (χ3v) is 3.91. The number of nitrogens with one attached hydrogen (secondary N) is 1. The molecule has 5 heteroatoms. The maximum atomic E-state index is 13.6. The van der Waals surface area contributed by atoms with Crippen LogP contribution in [0, 0.1) is 23.5 Å². The molecule has 0 heterocycles. The van der Waals surface area contributed by atoms with Crippen LogP contribution in [0.1, 0.15) is 25.7 Å². The average molecular weight is 270 g/mol. The third-order valence-electron chi connectivity index (χ3n) is 3.91. The van der Waals surface area contributed by atoms with Crippen molar-refractivity contribution in [3.8, 4) is 0 Å². The van der Waals surface area contributed by atoms with Gasteiger partial charge in [0.25, 0.3) is 0 Å². The van der Waals surface area contributed by atoms with E-state index in [1.165, 1.54) is 0 Å². The number of nitrogen functional groups attached to an aromatic ring is 1. The first-order valence-electron chi connectivity index (χ1n) is 6.71. The second-order valence-corrected chi connectivity index (χ2v) is 5.23. The van der Waals surface area contributed by atoms with Crippen LogP contribution in [0.3, 0.4) is 0 Å².